The van der Waals surface area contributed by atoms with Gasteiger partial charge in [0.05, 0.1) is 11.5 Å². The van der Waals surface area contributed by atoms with Crippen LogP contribution in [-0.4, -0.2) is 53.2 Å². The molecule has 0 radical (unpaired) electrons. The summed E-state index contributed by atoms with van der Waals surface area (Å²) in [6.45, 7) is 0.117. The van der Waals surface area contributed by atoms with Crippen molar-refractivity contribution in [2.45, 2.75) is 30.7 Å². The Hall–Kier alpha value is -1.94. The molecule has 140 valence electrons. The monoisotopic (exact) mass is 400 g/mol. The summed E-state index contributed by atoms with van der Waals surface area (Å²) in [5, 5.41) is 0.812. The lowest BCUT2D eigenvalue weighted by atomic mass is 10.1. The lowest BCUT2D eigenvalue weighted by Gasteiger charge is -2.29. The highest BCUT2D eigenvalue weighted by atomic mass is 32.2. The molecule has 2 atom stereocenters. The highest BCUT2D eigenvalue weighted by Gasteiger charge is 2.38. The first-order valence-corrected chi connectivity index (χ1v) is 10.7. The van der Waals surface area contributed by atoms with Crippen LogP contribution in [0, 0.1) is 5.82 Å². The van der Waals surface area contributed by atoms with Gasteiger partial charge in [-0.3, -0.25) is 19.7 Å². The highest BCUT2D eigenvalue weighted by molar-refractivity contribution is 8.15. The lowest BCUT2D eigenvalue weighted by molar-refractivity contribution is -0.135. The van der Waals surface area contributed by atoms with E-state index in [0.717, 1.165) is 11.8 Å². The Kier molecular flexibility index (Phi) is 5.33. The van der Waals surface area contributed by atoms with Gasteiger partial charge in [0.15, 0.2) is 9.84 Å². The molecule has 2 heterocycles. The molecule has 0 aromatic heterocycles. The standard InChI is InChI=1S/C16H17FN2O5S2/c17-11-3-1-10(2-4-11)8-19(12-5-6-26(23,24)9-12)14(20)7-13-15(21)18-16(22)25-13/h1-4,12-13H,5-9H2,(H,18,21,22). The molecular weight excluding hydrogens is 383 g/mol. The van der Waals surface area contributed by atoms with Crippen molar-refractivity contribution in [1.29, 1.82) is 0 Å². The second-order valence-electron chi connectivity index (χ2n) is 6.29. The first-order valence-electron chi connectivity index (χ1n) is 7.99. The third-order valence-electron chi connectivity index (χ3n) is 4.36. The number of benzene rings is 1. The number of sulfone groups is 1. The molecule has 2 fully saturated rings. The summed E-state index contributed by atoms with van der Waals surface area (Å²) in [6, 6.07) is 5.09. The fourth-order valence-corrected chi connectivity index (χ4v) is 5.57. The number of imide groups is 1. The Bertz CT molecular complexity index is 841. The molecule has 7 nitrogen and oxygen atoms in total. The quantitative estimate of drug-likeness (QED) is 0.794. The molecule has 1 N–H and O–H groups in total. The zero-order valence-corrected chi connectivity index (χ0v) is 15.3. The van der Waals surface area contributed by atoms with Crippen LogP contribution in [-0.2, 0) is 26.0 Å². The van der Waals surface area contributed by atoms with E-state index in [4.69, 9.17) is 0 Å². The second-order valence-corrected chi connectivity index (χ2v) is 9.70. The zero-order chi connectivity index (χ0) is 18.9. The molecule has 2 saturated heterocycles. The van der Waals surface area contributed by atoms with E-state index < -0.39 is 44.0 Å². The molecule has 3 rings (SSSR count). The zero-order valence-electron chi connectivity index (χ0n) is 13.7. The molecule has 2 unspecified atom stereocenters. The minimum Gasteiger partial charge on any atom is -0.334 e. The largest absolute Gasteiger partial charge is 0.334 e. The van der Waals surface area contributed by atoms with Gasteiger partial charge in [-0.2, -0.15) is 0 Å². The maximum atomic E-state index is 13.1. The average Bonchev–Trinajstić information content (AvgIpc) is 3.08. The van der Waals surface area contributed by atoms with E-state index >= 15 is 0 Å². The van der Waals surface area contributed by atoms with Gasteiger partial charge in [0.1, 0.15) is 11.1 Å². The van der Waals surface area contributed by atoms with E-state index in [0.29, 0.717) is 12.0 Å². The number of halogens is 1. The van der Waals surface area contributed by atoms with Crippen LogP contribution in [0.5, 0.6) is 0 Å². The van der Waals surface area contributed by atoms with Gasteiger partial charge in [-0.1, -0.05) is 23.9 Å². The van der Waals surface area contributed by atoms with Crippen molar-refractivity contribution in [1.82, 2.24) is 10.2 Å². The van der Waals surface area contributed by atoms with Crippen molar-refractivity contribution in [3.8, 4) is 0 Å². The normalized spacial score (nSPS) is 24.5. The predicted molar refractivity (Wildman–Crippen MR) is 93.5 cm³/mol. The van der Waals surface area contributed by atoms with Crippen molar-refractivity contribution in [2.24, 2.45) is 0 Å². The molecular formula is C16H17FN2O5S2. The number of hydrogen-bond acceptors (Lipinski definition) is 6. The molecule has 0 aliphatic carbocycles. The molecule has 10 heteroatoms. The number of amides is 3. The number of rotatable bonds is 5. The van der Waals surface area contributed by atoms with E-state index in [1.807, 2.05) is 0 Å². The summed E-state index contributed by atoms with van der Waals surface area (Å²) < 4.78 is 36.7. The second kappa shape index (κ2) is 7.36. The molecule has 0 saturated carbocycles. The lowest BCUT2D eigenvalue weighted by Crippen LogP contribution is -2.42. The van der Waals surface area contributed by atoms with Crippen LogP contribution < -0.4 is 5.32 Å². The highest BCUT2D eigenvalue weighted by Crippen LogP contribution is 2.26. The third kappa shape index (κ3) is 4.42. The van der Waals surface area contributed by atoms with E-state index in [1.165, 1.54) is 29.2 Å². The van der Waals surface area contributed by atoms with E-state index in [-0.39, 0.29) is 24.5 Å². The fourth-order valence-electron chi connectivity index (χ4n) is 3.03. The Morgan fingerprint density at radius 1 is 1.27 bits per heavy atom. The average molecular weight is 400 g/mol. The van der Waals surface area contributed by atoms with Crippen LogP contribution in [0.2, 0.25) is 0 Å². The van der Waals surface area contributed by atoms with Crippen molar-refractivity contribution < 1.29 is 27.2 Å². The molecule has 2 aliphatic heterocycles. The number of nitrogens with zero attached hydrogens (tertiary/aromatic N) is 1. The summed E-state index contributed by atoms with van der Waals surface area (Å²) >= 11 is 0.755. The van der Waals surface area contributed by atoms with Gasteiger partial charge >= 0.3 is 0 Å². The van der Waals surface area contributed by atoms with Crippen molar-refractivity contribution in [3.63, 3.8) is 0 Å². The maximum absolute atomic E-state index is 13.1. The predicted octanol–water partition coefficient (Wildman–Crippen LogP) is 1.08. The SMILES string of the molecule is O=C1NC(=O)C(CC(=O)N(Cc2ccc(F)cc2)C2CCS(=O)(=O)C2)S1. The molecule has 0 spiro atoms. The van der Waals surface area contributed by atoms with Crippen molar-refractivity contribution in [3.05, 3.63) is 35.6 Å². The third-order valence-corrected chi connectivity index (χ3v) is 7.09. The van der Waals surface area contributed by atoms with Crippen molar-refractivity contribution in [2.75, 3.05) is 11.5 Å². The van der Waals surface area contributed by atoms with Gasteiger partial charge in [0.2, 0.25) is 11.8 Å². The summed E-state index contributed by atoms with van der Waals surface area (Å²) in [5.41, 5.74) is 0.656. The molecule has 1 aromatic carbocycles. The summed E-state index contributed by atoms with van der Waals surface area (Å²) in [4.78, 5) is 37.2. The van der Waals surface area contributed by atoms with Crippen LogP contribution in [0.1, 0.15) is 18.4 Å². The number of hydrogen-bond donors (Lipinski definition) is 1. The van der Waals surface area contributed by atoms with Crippen LogP contribution in [0.4, 0.5) is 9.18 Å². The number of nitrogens with one attached hydrogen (secondary N) is 1. The van der Waals surface area contributed by atoms with Crippen LogP contribution >= 0.6 is 11.8 Å². The number of carbonyl (C=O) groups excluding carboxylic acids is 3. The molecule has 3 amide bonds. The Morgan fingerprint density at radius 3 is 2.50 bits per heavy atom. The van der Waals surface area contributed by atoms with Gasteiger partial charge < -0.3 is 4.90 Å². The Morgan fingerprint density at radius 2 is 1.96 bits per heavy atom. The minimum absolute atomic E-state index is 0.00200. The van der Waals surface area contributed by atoms with Gasteiger partial charge in [-0.25, -0.2) is 12.8 Å². The Balaban J connectivity index is 1.77. The summed E-state index contributed by atoms with van der Waals surface area (Å²) in [5.74, 6) is -1.47. The smallest absolute Gasteiger partial charge is 0.286 e. The summed E-state index contributed by atoms with van der Waals surface area (Å²) in [7, 11) is -3.21. The van der Waals surface area contributed by atoms with Crippen molar-refractivity contribution >= 4 is 38.7 Å². The molecule has 2 aliphatic rings. The summed E-state index contributed by atoms with van der Waals surface area (Å²) in [6.07, 6.45) is 0.123. The van der Waals surface area contributed by atoms with Gasteiger partial charge in [0, 0.05) is 19.0 Å². The van der Waals surface area contributed by atoms with Crippen LogP contribution in [0.3, 0.4) is 0 Å². The fraction of sp³-hybridized carbons (Fsp3) is 0.438. The van der Waals surface area contributed by atoms with Gasteiger partial charge in [0.25, 0.3) is 5.24 Å². The van der Waals surface area contributed by atoms with Gasteiger partial charge in [-0.05, 0) is 24.1 Å². The maximum Gasteiger partial charge on any atom is 0.286 e. The molecule has 26 heavy (non-hydrogen) atoms. The first-order chi connectivity index (χ1) is 12.2. The molecule has 0 bridgehead atoms. The Labute approximate surface area is 154 Å². The minimum atomic E-state index is -3.21. The van der Waals surface area contributed by atoms with E-state index in [2.05, 4.69) is 5.32 Å². The van der Waals surface area contributed by atoms with Crippen LogP contribution in [0.15, 0.2) is 24.3 Å². The number of carbonyl (C=O) groups is 3. The van der Waals surface area contributed by atoms with Gasteiger partial charge in [-0.15, -0.1) is 0 Å². The van der Waals surface area contributed by atoms with E-state index in [1.54, 1.807) is 0 Å². The topological polar surface area (TPSA) is 101 Å². The van der Waals surface area contributed by atoms with Crippen LogP contribution in [0.25, 0.3) is 0 Å². The first kappa shape index (κ1) is 18.8. The van der Waals surface area contributed by atoms with E-state index in [9.17, 15) is 27.2 Å². The number of thioether (sulfide) groups is 1. The molecule has 1 aromatic rings.